The highest BCUT2D eigenvalue weighted by molar-refractivity contribution is 6.52. The third-order valence-electron chi connectivity index (χ3n) is 5.24. The first kappa shape index (κ1) is 20.6. The zero-order valence-electron chi connectivity index (χ0n) is 16.9. The summed E-state index contributed by atoms with van der Waals surface area (Å²) in [5.74, 6) is -1.18. The number of carbonyl (C=O) groups is 2. The Hall–Kier alpha value is -3.64. The molecule has 1 fully saturated rings. The molecule has 2 aromatic carbocycles. The number of hydrogen-bond acceptors (Lipinski definition) is 5. The second kappa shape index (κ2) is 8.24. The molecule has 0 spiro atoms. The first-order valence-corrected chi connectivity index (χ1v) is 9.91. The van der Waals surface area contributed by atoms with Crippen molar-refractivity contribution >= 4 is 34.7 Å². The number of aliphatic hydroxyl groups is 1. The number of nitrogens with zero attached hydrogens (tertiary/aromatic N) is 2. The van der Waals surface area contributed by atoms with E-state index in [0.29, 0.717) is 27.6 Å². The van der Waals surface area contributed by atoms with E-state index >= 15 is 0 Å². The number of aliphatic hydroxyl groups excluding tert-OH is 1. The molecule has 0 saturated carbocycles. The minimum Gasteiger partial charge on any atom is -0.507 e. The fraction of sp³-hybridized carbons (Fsp3) is 0.125. The van der Waals surface area contributed by atoms with Gasteiger partial charge < -0.3 is 9.84 Å². The van der Waals surface area contributed by atoms with Crippen LogP contribution in [0.5, 0.6) is 5.75 Å². The molecule has 0 bridgehead atoms. The van der Waals surface area contributed by atoms with E-state index in [1.807, 2.05) is 6.92 Å². The molecule has 1 N–H and O–H groups in total. The molecule has 1 aliphatic rings. The molecule has 1 atom stereocenters. The molecule has 31 heavy (non-hydrogen) atoms. The van der Waals surface area contributed by atoms with Crippen LogP contribution < -0.4 is 9.64 Å². The highest BCUT2D eigenvalue weighted by Gasteiger charge is 2.47. The standard InChI is InChI=1S/C24H19ClN2O4/c1-14-5-8-17(25)12-19(14)27-21(16-4-3-11-26-13-16)20(23(29)24(27)30)22(28)15-6-9-18(31-2)10-7-15/h3-13,21,28H,1-2H3/b22-20+. The third-order valence-corrected chi connectivity index (χ3v) is 5.47. The van der Waals surface area contributed by atoms with Crippen LogP contribution in [0, 0.1) is 6.92 Å². The SMILES string of the molecule is COc1ccc(/C(O)=C2\C(=O)C(=O)N(c3cc(Cl)ccc3C)C2c2cccnc2)cc1. The number of halogens is 1. The van der Waals surface area contributed by atoms with Gasteiger partial charge in [-0.1, -0.05) is 23.7 Å². The maximum atomic E-state index is 13.1. The van der Waals surface area contributed by atoms with Gasteiger partial charge in [0.1, 0.15) is 11.5 Å². The quantitative estimate of drug-likeness (QED) is 0.366. The van der Waals surface area contributed by atoms with Gasteiger partial charge in [0.15, 0.2) is 0 Å². The van der Waals surface area contributed by atoms with Crippen molar-refractivity contribution in [2.75, 3.05) is 12.0 Å². The van der Waals surface area contributed by atoms with Crippen LogP contribution in [0.15, 0.2) is 72.6 Å². The topological polar surface area (TPSA) is 79.7 Å². The second-order valence-electron chi connectivity index (χ2n) is 7.11. The maximum Gasteiger partial charge on any atom is 0.300 e. The van der Waals surface area contributed by atoms with Crippen LogP contribution in [0.4, 0.5) is 5.69 Å². The van der Waals surface area contributed by atoms with E-state index in [2.05, 4.69) is 4.98 Å². The van der Waals surface area contributed by atoms with Crippen molar-refractivity contribution < 1.29 is 19.4 Å². The number of pyridine rings is 1. The normalized spacial score (nSPS) is 17.8. The number of ether oxygens (including phenoxy) is 1. The molecule has 156 valence electrons. The number of aromatic nitrogens is 1. The molecule has 3 aromatic rings. The van der Waals surface area contributed by atoms with E-state index in [4.69, 9.17) is 16.3 Å². The molecule has 6 nitrogen and oxygen atoms in total. The van der Waals surface area contributed by atoms with Gasteiger partial charge in [-0.2, -0.15) is 0 Å². The Morgan fingerprint density at radius 1 is 1.13 bits per heavy atom. The van der Waals surface area contributed by atoms with Gasteiger partial charge in [-0.25, -0.2) is 0 Å². The number of anilines is 1. The largest absolute Gasteiger partial charge is 0.507 e. The summed E-state index contributed by atoms with van der Waals surface area (Å²) in [6.07, 6.45) is 3.18. The van der Waals surface area contributed by atoms with Crippen LogP contribution in [0.25, 0.3) is 5.76 Å². The molecular weight excluding hydrogens is 416 g/mol. The van der Waals surface area contributed by atoms with Gasteiger partial charge >= 0.3 is 0 Å². The zero-order chi connectivity index (χ0) is 22.1. The number of rotatable bonds is 4. The van der Waals surface area contributed by atoms with Gasteiger partial charge in [0.2, 0.25) is 0 Å². The third kappa shape index (κ3) is 3.66. The summed E-state index contributed by atoms with van der Waals surface area (Å²) >= 11 is 6.19. The fourth-order valence-electron chi connectivity index (χ4n) is 3.68. The van der Waals surface area contributed by atoms with Gasteiger partial charge in [-0.15, -0.1) is 0 Å². The zero-order valence-corrected chi connectivity index (χ0v) is 17.6. The van der Waals surface area contributed by atoms with Crippen molar-refractivity contribution in [1.82, 2.24) is 4.98 Å². The molecule has 1 aromatic heterocycles. The smallest absolute Gasteiger partial charge is 0.300 e. The lowest BCUT2D eigenvalue weighted by Crippen LogP contribution is -2.30. The van der Waals surface area contributed by atoms with Gasteiger partial charge in [0.25, 0.3) is 11.7 Å². The molecule has 1 aliphatic heterocycles. The van der Waals surface area contributed by atoms with Crippen LogP contribution in [-0.4, -0.2) is 28.9 Å². The van der Waals surface area contributed by atoms with E-state index in [-0.39, 0.29) is 11.3 Å². The molecule has 4 rings (SSSR count). The second-order valence-corrected chi connectivity index (χ2v) is 7.55. The van der Waals surface area contributed by atoms with E-state index in [1.54, 1.807) is 67.0 Å². The Balaban J connectivity index is 1.94. The summed E-state index contributed by atoms with van der Waals surface area (Å²) in [6, 6.07) is 14.4. The lowest BCUT2D eigenvalue weighted by molar-refractivity contribution is -0.132. The average Bonchev–Trinajstić information content (AvgIpc) is 3.06. The number of methoxy groups -OCH3 is 1. The van der Waals surface area contributed by atoms with Crippen LogP contribution in [-0.2, 0) is 9.59 Å². The molecule has 1 amide bonds. The van der Waals surface area contributed by atoms with Crippen molar-refractivity contribution in [3.63, 3.8) is 0 Å². The van der Waals surface area contributed by atoms with Crippen LogP contribution in [0.1, 0.15) is 22.7 Å². The predicted octanol–water partition coefficient (Wildman–Crippen LogP) is 4.68. The van der Waals surface area contributed by atoms with Crippen molar-refractivity contribution in [3.8, 4) is 5.75 Å². The highest BCUT2D eigenvalue weighted by Crippen LogP contribution is 2.43. The van der Waals surface area contributed by atoms with E-state index in [1.165, 1.54) is 12.0 Å². The van der Waals surface area contributed by atoms with Gasteiger partial charge in [0.05, 0.1) is 18.7 Å². The van der Waals surface area contributed by atoms with Crippen molar-refractivity contribution in [3.05, 3.63) is 94.3 Å². The average molecular weight is 435 g/mol. The Morgan fingerprint density at radius 2 is 1.87 bits per heavy atom. The monoisotopic (exact) mass is 434 g/mol. The molecular formula is C24H19ClN2O4. The summed E-state index contributed by atoms with van der Waals surface area (Å²) in [4.78, 5) is 31.8. The molecule has 0 aliphatic carbocycles. The molecule has 1 saturated heterocycles. The van der Waals surface area contributed by atoms with E-state index in [9.17, 15) is 14.7 Å². The maximum absolute atomic E-state index is 13.1. The van der Waals surface area contributed by atoms with Crippen LogP contribution in [0.3, 0.4) is 0 Å². The molecule has 2 heterocycles. The first-order valence-electron chi connectivity index (χ1n) is 9.54. The summed E-state index contributed by atoms with van der Waals surface area (Å²) < 4.78 is 5.15. The number of Topliss-reactive ketones (excluding diaryl/α,β-unsaturated/α-hetero) is 1. The molecule has 1 unspecified atom stereocenters. The van der Waals surface area contributed by atoms with Gasteiger partial charge in [-0.3, -0.25) is 19.5 Å². The number of benzene rings is 2. The summed E-state index contributed by atoms with van der Waals surface area (Å²) in [7, 11) is 1.54. The molecule has 7 heteroatoms. The lowest BCUT2D eigenvalue weighted by atomic mass is 9.96. The Bertz CT molecular complexity index is 1190. The number of carbonyl (C=O) groups excluding carboxylic acids is 2. The Kier molecular flexibility index (Phi) is 5.48. The lowest BCUT2D eigenvalue weighted by Gasteiger charge is -2.26. The summed E-state index contributed by atoms with van der Waals surface area (Å²) in [5, 5.41) is 11.5. The fourth-order valence-corrected chi connectivity index (χ4v) is 3.85. The van der Waals surface area contributed by atoms with Crippen molar-refractivity contribution in [1.29, 1.82) is 0 Å². The Morgan fingerprint density at radius 3 is 2.52 bits per heavy atom. The number of hydrogen-bond donors (Lipinski definition) is 1. The predicted molar refractivity (Wildman–Crippen MR) is 118 cm³/mol. The van der Waals surface area contributed by atoms with Crippen molar-refractivity contribution in [2.24, 2.45) is 0 Å². The minimum atomic E-state index is -0.854. The molecule has 0 radical (unpaired) electrons. The number of aryl methyl sites for hydroxylation is 1. The minimum absolute atomic E-state index is 0.0115. The van der Waals surface area contributed by atoms with Crippen LogP contribution in [0.2, 0.25) is 5.02 Å². The number of amides is 1. The number of ketones is 1. The van der Waals surface area contributed by atoms with Crippen LogP contribution >= 0.6 is 11.6 Å². The first-order chi connectivity index (χ1) is 14.9. The van der Waals surface area contributed by atoms with Gasteiger partial charge in [0, 0.05) is 28.7 Å². The van der Waals surface area contributed by atoms with Gasteiger partial charge in [-0.05, 0) is 60.5 Å². The highest BCUT2D eigenvalue weighted by atomic mass is 35.5. The Labute approximate surface area is 184 Å². The van der Waals surface area contributed by atoms with E-state index in [0.717, 1.165) is 5.56 Å². The van der Waals surface area contributed by atoms with E-state index < -0.39 is 17.7 Å². The summed E-state index contributed by atoms with van der Waals surface area (Å²) in [5.41, 5.74) is 2.25. The summed E-state index contributed by atoms with van der Waals surface area (Å²) in [6.45, 7) is 1.83. The van der Waals surface area contributed by atoms with Crippen molar-refractivity contribution in [2.45, 2.75) is 13.0 Å².